The Morgan fingerprint density at radius 3 is 2.44 bits per heavy atom. The summed E-state index contributed by atoms with van der Waals surface area (Å²) in [6, 6.07) is 11.9. The van der Waals surface area contributed by atoms with Crippen molar-refractivity contribution in [3.05, 3.63) is 77.4 Å². The number of hydrogen-bond donors (Lipinski definition) is 1. The van der Waals surface area contributed by atoms with E-state index in [2.05, 4.69) is 69.5 Å². The summed E-state index contributed by atoms with van der Waals surface area (Å²) in [6.07, 6.45) is 16.9. The molecule has 3 fully saturated rings. The fourth-order valence-electron chi connectivity index (χ4n) is 8.77. The molecule has 0 spiro atoms. The number of nitrogens with zero attached hydrogens (tertiary/aromatic N) is 3. The van der Waals surface area contributed by atoms with E-state index in [1.54, 1.807) is 27.0 Å². The van der Waals surface area contributed by atoms with E-state index in [1.807, 2.05) is 18.2 Å². The first-order valence-corrected chi connectivity index (χ1v) is 20.7. The Balaban J connectivity index is 1.38. The molecule has 1 N–H and O–H groups in total. The van der Waals surface area contributed by atoms with Gasteiger partial charge in [0.25, 0.3) is 5.91 Å². The van der Waals surface area contributed by atoms with Gasteiger partial charge in [0, 0.05) is 54.1 Å². The van der Waals surface area contributed by atoms with Crippen LogP contribution in [0.3, 0.4) is 0 Å². The Hall–Kier alpha value is -3.89. The van der Waals surface area contributed by atoms with Crippen LogP contribution in [0.5, 0.6) is 5.75 Å². The van der Waals surface area contributed by atoms with Crippen molar-refractivity contribution >= 4 is 32.7 Å². The number of aromatic nitrogens is 1. The maximum atomic E-state index is 15.0. The molecule has 3 aromatic rings. The molecule has 4 aliphatic rings. The molecule has 2 heterocycles. The summed E-state index contributed by atoms with van der Waals surface area (Å²) >= 11 is 0. The van der Waals surface area contributed by atoms with E-state index in [-0.39, 0.29) is 23.4 Å². The Morgan fingerprint density at radius 1 is 1.02 bits per heavy atom. The number of allylic oxidation sites excluding steroid dienone is 3. The summed E-state index contributed by atoms with van der Waals surface area (Å²) in [4.78, 5) is 33.1. The minimum atomic E-state index is -3.83. The quantitative estimate of drug-likeness (QED) is 0.237. The van der Waals surface area contributed by atoms with Gasteiger partial charge in [-0.2, -0.15) is 0 Å². The minimum Gasteiger partial charge on any atom is -0.497 e. The Bertz CT molecular complexity index is 2020. The summed E-state index contributed by atoms with van der Waals surface area (Å²) in [6.45, 7) is 8.11. The van der Waals surface area contributed by atoms with Crippen LogP contribution in [0.25, 0.3) is 22.2 Å². The predicted molar refractivity (Wildman–Crippen MR) is 207 cm³/mol. The van der Waals surface area contributed by atoms with Crippen molar-refractivity contribution in [3.8, 4) is 17.0 Å². The molecule has 0 bridgehead atoms. The first-order chi connectivity index (χ1) is 24.9. The molecule has 2 saturated carbocycles. The van der Waals surface area contributed by atoms with Gasteiger partial charge in [0.15, 0.2) is 0 Å². The highest BCUT2D eigenvalue weighted by molar-refractivity contribution is 7.90. The Kier molecular flexibility index (Phi) is 10.2. The number of benzene rings is 2. The number of carbonyl (C=O) groups is 2. The van der Waals surface area contributed by atoms with Crippen LogP contribution < -0.4 is 9.46 Å². The molecule has 1 aliphatic heterocycles. The number of fused-ring (bicyclic) bond motifs is 1. The number of amides is 2. The summed E-state index contributed by atoms with van der Waals surface area (Å²) in [5.41, 5.74) is 5.13. The van der Waals surface area contributed by atoms with Gasteiger partial charge in [0.1, 0.15) is 5.75 Å². The second-order valence-electron chi connectivity index (χ2n) is 15.9. The van der Waals surface area contributed by atoms with Gasteiger partial charge in [0.05, 0.1) is 29.5 Å². The molecule has 278 valence electrons. The van der Waals surface area contributed by atoms with Crippen LogP contribution in [0.2, 0.25) is 0 Å². The van der Waals surface area contributed by atoms with Gasteiger partial charge in [-0.05, 0) is 107 Å². The number of sulfonamides is 1. The summed E-state index contributed by atoms with van der Waals surface area (Å²) in [5.74, 6) is 0.975. The number of methoxy groups -OCH3 is 1. The molecule has 3 aliphatic carbocycles. The van der Waals surface area contributed by atoms with Crippen LogP contribution in [0.4, 0.5) is 0 Å². The van der Waals surface area contributed by atoms with Crippen LogP contribution in [0.15, 0.2) is 60.7 Å². The van der Waals surface area contributed by atoms with Gasteiger partial charge in [-0.25, -0.2) is 13.1 Å². The highest BCUT2D eigenvalue weighted by atomic mass is 32.2. The number of piperazine rings is 1. The number of rotatable bonds is 10. The van der Waals surface area contributed by atoms with E-state index in [9.17, 15) is 18.0 Å². The van der Waals surface area contributed by atoms with E-state index >= 15 is 0 Å². The number of nitrogens with one attached hydrogen (secondary N) is 1. The van der Waals surface area contributed by atoms with Gasteiger partial charge in [-0.3, -0.25) is 9.59 Å². The second-order valence-corrected chi connectivity index (χ2v) is 18.2. The van der Waals surface area contributed by atoms with Crippen molar-refractivity contribution in [1.82, 2.24) is 19.1 Å². The summed E-state index contributed by atoms with van der Waals surface area (Å²) in [7, 11) is -0.00194. The third-order valence-electron chi connectivity index (χ3n) is 12.1. The first-order valence-electron chi connectivity index (χ1n) is 19.1. The molecular formula is C42H54N4O5S. The third kappa shape index (κ3) is 6.96. The average molecular weight is 727 g/mol. The van der Waals surface area contributed by atoms with Gasteiger partial charge in [-0.1, -0.05) is 49.6 Å². The van der Waals surface area contributed by atoms with Crippen LogP contribution in [0.1, 0.15) is 92.6 Å². The number of carbonyl (C=O) groups excluding carboxylic acids is 2. The zero-order valence-electron chi connectivity index (χ0n) is 31.4. The normalized spacial score (nSPS) is 22.2. The molecule has 1 unspecified atom stereocenters. The van der Waals surface area contributed by atoms with E-state index in [1.165, 1.54) is 12.0 Å². The maximum absolute atomic E-state index is 15.0. The number of likely N-dealkylation sites (N-methyl/N-ethyl adjacent to an activating group) is 1. The molecule has 1 saturated heterocycles. The Labute approximate surface area is 309 Å². The maximum Gasteiger partial charge on any atom is 0.264 e. The van der Waals surface area contributed by atoms with Crippen LogP contribution in [0, 0.1) is 18.3 Å². The molecule has 2 aromatic carbocycles. The molecule has 52 heavy (non-hydrogen) atoms. The van der Waals surface area contributed by atoms with E-state index in [0.717, 1.165) is 91.5 Å². The van der Waals surface area contributed by atoms with Gasteiger partial charge < -0.3 is 19.1 Å². The smallest absolute Gasteiger partial charge is 0.264 e. The van der Waals surface area contributed by atoms with E-state index in [0.29, 0.717) is 19.0 Å². The van der Waals surface area contributed by atoms with Crippen molar-refractivity contribution in [1.29, 1.82) is 0 Å². The molecule has 1 aromatic heterocycles. The zero-order valence-corrected chi connectivity index (χ0v) is 32.2. The summed E-state index contributed by atoms with van der Waals surface area (Å²) in [5, 5.41) is 0.325. The lowest BCUT2D eigenvalue weighted by molar-refractivity contribution is -0.143. The zero-order chi connectivity index (χ0) is 36.8. The van der Waals surface area contributed by atoms with Crippen LogP contribution >= 0.6 is 0 Å². The molecule has 0 radical (unpaired) electrons. The highest BCUT2D eigenvalue weighted by Gasteiger charge is 2.54. The van der Waals surface area contributed by atoms with Crippen molar-refractivity contribution in [2.75, 3.05) is 33.8 Å². The van der Waals surface area contributed by atoms with Gasteiger partial charge in [-0.15, -0.1) is 0 Å². The van der Waals surface area contributed by atoms with Crippen LogP contribution in [-0.2, 0) is 21.4 Å². The van der Waals surface area contributed by atoms with Crippen molar-refractivity contribution in [2.45, 2.75) is 95.9 Å². The molecule has 9 nitrogen and oxygen atoms in total. The molecule has 10 heteroatoms. The number of hydrogen-bond acceptors (Lipinski definition) is 6. The molecule has 2 atom stereocenters. The standard InChI is InChI=1S/C42H54N4O5S/c1-28(2)52(49,50)43-40(47)32-16-18-35-36(25-32)46(39(38(35)31-14-10-7-11-15-31)34-19-17-33(51-5)24-29(34)3)27-42(20-21-42)41(48)45-23-22-44(4)26-37(45)30-12-8-6-9-13-30/h6,8-9,12,16-19,24-25,28,30-31,37H,7,10-11,13-15,20-23,26-27H2,1-5H3,(H,43,47)/t30?,37-/m0/s1. The fraction of sp³-hybridized carbons (Fsp3) is 0.524. The fourth-order valence-corrected chi connectivity index (χ4v) is 9.38. The van der Waals surface area contributed by atoms with Crippen molar-refractivity contribution in [3.63, 3.8) is 0 Å². The predicted octanol–water partition coefficient (Wildman–Crippen LogP) is 7.20. The van der Waals surface area contributed by atoms with E-state index < -0.39 is 26.6 Å². The number of ether oxygens (including phenoxy) is 1. The topological polar surface area (TPSA) is 101 Å². The largest absolute Gasteiger partial charge is 0.497 e. The first kappa shape index (κ1) is 36.5. The summed E-state index contributed by atoms with van der Waals surface area (Å²) < 4.78 is 35.8. The molecule has 7 rings (SSSR count). The van der Waals surface area contributed by atoms with Gasteiger partial charge >= 0.3 is 0 Å². The molecule has 2 amide bonds. The average Bonchev–Trinajstić information content (AvgIpc) is 3.87. The SMILES string of the molecule is COc1ccc(-c2c(C3CCCCC3)c3ccc(C(=O)NS(=O)(=O)C(C)C)cc3n2CC2(C(=O)N3CCN(C)C[C@H]3C3C=CC=CC3)CC2)c(C)c1. The van der Waals surface area contributed by atoms with Crippen molar-refractivity contribution in [2.24, 2.45) is 11.3 Å². The Morgan fingerprint density at radius 2 is 1.79 bits per heavy atom. The minimum absolute atomic E-state index is 0.102. The lowest BCUT2D eigenvalue weighted by Gasteiger charge is -2.45. The molecular weight excluding hydrogens is 673 g/mol. The van der Waals surface area contributed by atoms with Crippen molar-refractivity contribution < 1.29 is 22.7 Å². The van der Waals surface area contributed by atoms with E-state index in [4.69, 9.17) is 4.74 Å². The lowest BCUT2D eigenvalue weighted by Crippen LogP contribution is -2.58. The second kappa shape index (κ2) is 14.5. The van der Waals surface area contributed by atoms with Crippen LogP contribution in [-0.4, -0.2) is 79.7 Å². The third-order valence-corrected chi connectivity index (χ3v) is 13.8. The number of aryl methyl sites for hydroxylation is 1. The highest BCUT2D eigenvalue weighted by Crippen LogP contribution is 2.53. The van der Waals surface area contributed by atoms with Gasteiger partial charge in [0.2, 0.25) is 15.9 Å². The lowest BCUT2D eigenvalue weighted by atomic mass is 9.81. The monoisotopic (exact) mass is 726 g/mol.